The molecule has 0 aliphatic carbocycles. The first-order valence-corrected chi connectivity index (χ1v) is 10.3. The Labute approximate surface area is 172 Å². The summed E-state index contributed by atoms with van der Waals surface area (Å²) in [5, 5.41) is 0. The number of hydrogen-bond donors (Lipinski definition) is 0. The number of carbonyl (C=O) groups excluding carboxylic acids is 2. The van der Waals surface area contributed by atoms with E-state index in [1.54, 1.807) is 13.1 Å². The molecule has 0 radical (unpaired) electrons. The molecule has 0 bridgehead atoms. The molecular weight excluding hydrogens is 366 g/mol. The second kappa shape index (κ2) is 9.69. The molecule has 0 N–H and O–H groups in total. The molecule has 3 rings (SSSR count). The molecule has 1 aromatic carbocycles. The summed E-state index contributed by atoms with van der Waals surface area (Å²) in [4.78, 5) is 35.6. The van der Waals surface area contributed by atoms with Gasteiger partial charge < -0.3 is 19.3 Å². The van der Waals surface area contributed by atoms with Crippen molar-refractivity contribution in [3.63, 3.8) is 0 Å². The topological polar surface area (TPSA) is 61.7 Å². The molecule has 0 saturated carbocycles. The Bertz CT molecular complexity index is 847. The summed E-state index contributed by atoms with van der Waals surface area (Å²) in [5.41, 5.74) is 1.92. The highest BCUT2D eigenvalue weighted by atomic mass is 16.2. The summed E-state index contributed by atoms with van der Waals surface area (Å²) < 4.78 is 2.00. The zero-order valence-corrected chi connectivity index (χ0v) is 17.7. The Hall–Kier alpha value is -2.67. The summed E-state index contributed by atoms with van der Waals surface area (Å²) in [6.45, 7) is 7.75. The SMILES string of the molecule is CC(=O)N1CCCN(C)CCN(C(=O)CCn2ccnc2C)Cc2ccccc21. The Balaban J connectivity index is 1.82. The van der Waals surface area contributed by atoms with E-state index in [-0.39, 0.29) is 11.8 Å². The van der Waals surface area contributed by atoms with Crippen LogP contribution in [-0.4, -0.2) is 64.4 Å². The highest BCUT2D eigenvalue weighted by Crippen LogP contribution is 2.23. The molecule has 2 heterocycles. The standard InChI is InChI=1S/C22H31N5O2/c1-18-23-10-14-25(18)13-9-22(29)26-16-15-24(3)11-6-12-27(19(2)28)21-8-5-4-7-20(21)17-26/h4-5,7-8,10,14H,6,9,11-13,15-17H2,1-3H3. The molecule has 0 unspecified atom stereocenters. The second-order valence-corrected chi connectivity index (χ2v) is 7.69. The summed E-state index contributed by atoms with van der Waals surface area (Å²) in [7, 11) is 2.07. The third-order valence-electron chi connectivity index (χ3n) is 5.54. The molecule has 1 aliphatic rings. The van der Waals surface area contributed by atoms with Gasteiger partial charge in [-0.25, -0.2) is 4.98 Å². The highest BCUT2D eigenvalue weighted by molar-refractivity contribution is 5.92. The maximum Gasteiger partial charge on any atom is 0.224 e. The number of amides is 2. The van der Waals surface area contributed by atoms with E-state index in [9.17, 15) is 9.59 Å². The van der Waals surface area contributed by atoms with E-state index in [4.69, 9.17) is 0 Å². The summed E-state index contributed by atoms with van der Waals surface area (Å²) >= 11 is 0. The number of anilines is 1. The number of nitrogens with zero attached hydrogens (tertiary/aromatic N) is 5. The minimum Gasteiger partial charge on any atom is -0.337 e. The van der Waals surface area contributed by atoms with Crippen molar-refractivity contribution in [2.45, 2.75) is 39.8 Å². The molecule has 0 atom stereocenters. The van der Waals surface area contributed by atoms with Crippen molar-refractivity contribution in [1.29, 1.82) is 0 Å². The van der Waals surface area contributed by atoms with Gasteiger partial charge in [-0.05, 0) is 38.6 Å². The number of rotatable bonds is 3. The minimum absolute atomic E-state index is 0.0350. The monoisotopic (exact) mass is 397 g/mol. The average Bonchev–Trinajstić information content (AvgIpc) is 3.10. The Morgan fingerprint density at radius 2 is 1.90 bits per heavy atom. The largest absolute Gasteiger partial charge is 0.337 e. The van der Waals surface area contributed by atoms with E-state index < -0.39 is 0 Å². The highest BCUT2D eigenvalue weighted by Gasteiger charge is 2.21. The number of carbonyl (C=O) groups is 2. The lowest BCUT2D eigenvalue weighted by Crippen LogP contribution is -2.37. The summed E-state index contributed by atoms with van der Waals surface area (Å²) in [6, 6.07) is 7.93. The van der Waals surface area contributed by atoms with Crippen LogP contribution in [0.25, 0.3) is 0 Å². The van der Waals surface area contributed by atoms with Gasteiger partial charge in [0.05, 0.1) is 0 Å². The van der Waals surface area contributed by atoms with Gasteiger partial charge >= 0.3 is 0 Å². The van der Waals surface area contributed by atoms with Crippen molar-refractivity contribution >= 4 is 17.5 Å². The smallest absolute Gasteiger partial charge is 0.224 e. The fourth-order valence-corrected chi connectivity index (χ4v) is 3.77. The predicted octanol–water partition coefficient (Wildman–Crippen LogP) is 2.30. The van der Waals surface area contributed by atoms with Crippen LogP contribution in [0.4, 0.5) is 5.69 Å². The third kappa shape index (κ3) is 5.44. The van der Waals surface area contributed by atoms with Gasteiger partial charge in [-0.3, -0.25) is 9.59 Å². The number of imidazole rings is 1. The normalized spacial score (nSPS) is 16.2. The van der Waals surface area contributed by atoms with Crippen molar-refractivity contribution in [3.05, 3.63) is 48.0 Å². The maximum absolute atomic E-state index is 13.1. The predicted molar refractivity (Wildman–Crippen MR) is 114 cm³/mol. The second-order valence-electron chi connectivity index (χ2n) is 7.69. The van der Waals surface area contributed by atoms with Crippen LogP contribution in [0.1, 0.15) is 31.2 Å². The van der Waals surface area contributed by atoms with E-state index in [0.29, 0.717) is 32.6 Å². The molecule has 29 heavy (non-hydrogen) atoms. The summed E-state index contributed by atoms with van der Waals surface area (Å²) in [6.07, 6.45) is 5.00. The number of aryl methyl sites for hydroxylation is 2. The van der Waals surface area contributed by atoms with Gasteiger partial charge in [-0.15, -0.1) is 0 Å². The number of hydrogen-bond acceptors (Lipinski definition) is 4. The van der Waals surface area contributed by atoms with Crippen molar-refractivity contribution in [1.82, 2.24) is 19.4 Å². The van der Waals surface area contributed by atoms with Crippen molar-refractivity contribution in [2.75, 3.05) is 38.1 Å². The lowest BCUT2D eigenvalue weighted by atomic mass is 10.1. The molecule has 1 aliphatic heterocycles. The van der Waals surface area contributed by atoms with Gasteiger partial charge in [0.25, 0.3) is 0 Å². The van der Waals surface area contributed by atoms with Crippen LogP contribution in [0.3, 0.4) is 0 Å². The van der Waals surface area contributed by atoms with Crippen molar-refractivity contribution in [3.8, 4) is 0 Å². The third-order valence-corrected chi connectivity index (χ3v) is 5.54. The van der Waals surface area contributed by atoms with Crippen LogP contribution in [0, 0.1) is 6.92 Å². The fraction of sp³-hybridized carbons (Fsp3) is 0.500. The Morgan fingerprint density at radius 3 is 2.62 bits per heavy atom. The van der Waals surface area contributed by atoms with Crippen molar-refractivity contribution in [2.24, 2.45) is 0 Å². The van der Waals surface area contributed by atoms with E-state index >= 15 is 0 Å². The zero-order valence-electron chi connectivity index (χ0n) is 17.7. The minimum atomic E-state index is 0.0350. The maximum atomic E-state index is 13.1. The van der Waals surface area contributed by atoms with Gasteiger partial charge in [-0.1, -0.05) is 18.2 Å². The van der Waals surface area contributed by atoms with Crippen LogP contribution in [0.2, 0.25) is 0 Å². The molecule has 156 valence electrons. The molecule has 7 heteroatoms. The number of likely N-dealkylation sites (N-methyl/N-ethyl adjacent to an activating group) is 1. The lowest BCUT2D eigenvalue weighted by molar-refractivity contribution is -0.132. The van der Waals surface area contributed by atoms with Crippen LogP contribution >= 0.6 is 0 Å². The number of benzene rings is 1. The van der Waals surface area contributed by atoms with Crippen molar-refractivity contribution < 1.29 is 9.59 Å². The molecule has 2 aromatic rings. The quantitative estimate of drug-likeness (QED) is 0.797. The fourth-order valence-electron chi connectivity index (χ4n) is 3.77. The van der Waals surface area contributed by atoms with Gasteiger partial charge in [0.1, 0.15) is 5.82 Å². The Kier molecular flexibility index (Phi) is 7.04. The summed E-state index contributed by atoms with van der Waals surface area (Å²) in [5.74, 6) is 1.07. The van der Waals surface area contributed by atoms with Crippen LogP contribution in [0.5, 0.6) is 0 Å². The van der Waals surface area contributed by atoms with Gasteiger partial charge in [0.15, 0.2) is 0 Å². The number of para-hydroxylation sites is 1. The Morgan fingerprint density at radius 1 is 1.10 bits per heavy atom. The molecule has 0 saturated heterocycles. The molecule has 7 nitrogen and oxygen atoms in total. The van der Waals surface area contributed by atoms with Crippen LogP contribution < -0.4 is 4.90 Å². The zero-order chi connectivity index (χ0) is 20.8. The first-order valence-electron chi connectivity index (χ1n) is 10.3. The lowest BCUT2D eigenvalue weighted by Gasteiger charge is -2.27. The molecule has 1 aromatic heterocycles. The van der Waals surface area contributed by atoms with Gasteiger partial charge in [0, 0.05) is 64.1 Å². The van der Waals surface area contributed by atoms with E-state index in [2.05, 4.69) is 16.9 Å². The van der Waals surface area contributed by atoms with Gasteiger partial charge in [0.2, 0.25) is 11.8 Å². The molecule has 2 amide bonds. The van der Waals surface area contributed by atoms with Crippen LogP contribution in [-0.2, 0) is 22.7 Å². The van der Waals surface area contributed by atoms with E-state index in [0.717, 1.165) is 36.6 Å². The number of aromatic nitrogens is 2. The number of fused-ring (bicyclic) bond motifs is 1. The average molecular weight is 398 g/mol. The van der Waals surface area contributed by atoms with E-state index in [1.807, 2.05) is 51.8 Å². The first-order chi connectivity index (χ1) is 14.0. The van der Waals surface area contributed by atoms with Crippen LogP contribution in [0.15, 0.2) is 36.7 Å². The van der Waals surface area contributed by atoms with E-state index in [1.165, 1.54) is 0 Å². The molecular formula is C22H31N5O2. The molecule has 0 fully saturated rings. The molecule has 0 spiro atoms. The van der Waals surface area contributed by atoms with Gasteiger partial charge in [-0.2, -0.15) is 0 Å². The first kappa shape index (κ1) is 21.0.